The van der Waals surface area contributed by atoms with Crippen molar-refractivity contribution in [2.75, 3.05) is 19.0 Å². The summed E-state index contributed by atoms with van der Waals surface area (Å²) in [5.74, 6) is 3.80. The Bertz CT molecular complexity index is 1050. The molecule has 7 heteroatoms. The van der Waals surface area contributed by atoms with Crippen LogP contribution in [0.15, 0.2) is 48.7 Å². The quantitative estimate of drug-likeness (QED) is 0.600. The van der Waals surface area contributed by atoms with Crippen LogP contribution in [0.1, 0.15) is 5.56 Å². The van der Waals surface area contributed by atoms with Crippen molar-refractivity contribution in [3.63, 3.8) is 0 Å². The first-order chi connectivity index (χ1) is 14.0. The normalized spacial score (nSPS) is 10.3. The second kappa shape index (κ2) is 9.18. The zero-order valence-electron chi connectivity index (χ0n) is 16.1. The molecule has 1 heterocycles. The number of hydrogen-bond acceptors (Lipinski definition) is 4. The summed E-state index contributed by atoms with van der Waals surface area (Å²) in [6.07, 6.45) is 7.29. The van der Waals surface area contributed by atoms with E-state index < -0.39 is 0 Å². The Hall–Kier alpha value is -3.43. The fourth-order valence-electron chi connectivity index (χ4n) is 2.83. The highest BCUT2D eigenvalue weighted by atomic mass is 35.5. The first-order valence-electron chi connectivity index (χ1n) is 8.82. The standard InChI is InChI=1S/C22H20ClN3O3/c1-4-11-29-19-10-7-16(13-20(19)28-3)18-14-26(2)25-22(18)24-21(27)12-15-5-8-17(23)9-6-15/h1,5-10,13-14H,11-12H2,2-3H3,(H,24,25,27). The molecule has 2 aromatic carbocycles. The lowest BCUT2D eigenvalue weighted by molar-refractivity contribution is -0.115. The monoisotopic (exact) mass is 409 g/mol. The predicted octanol–water partition coefficient (Wildman–Crippen LogP) is 3.94. The molecule has 148 valence electrons. The Balaban J connectivity index is 1.82. The van der Waals surface area contributed by atoms with Crippen LogP contribution in [0.2, 0.25) is 5.02 Å². The molecule has 29 heavy (non-hydrogen) atoms. The summed E-state index contributed by atoms with van der Waals surface area (Å²) < 4.78 is 12.5. The first kappa shape index (κ1) is 20.3. The van der Waals surface area contributed by atoms with Crippen LogP contribution in [-0.4, -0.2) is 29.4 Å². The van der Waals surface area contributed by atoms with Crippen molar-refractivity contribution < 1.29 is 14.3 Å². The number of amides is 1. The van der Waals surface area contributed by atoms with Gasteiger partial charge in [0.25, 0.3) is 0 Å². The minimum absolute atomic E-state index is 0.147. The molecule has 0 aliphatic heterocycles. The lowest BCUT2D eigenvalue weighted by atomic mass is 10.1. The average Bonchev–Trinajstić information content (AvgIpc) is 3.07. The summed E-state index contributed by atoms with van der Waals surface area (Å²) in [5, 5.41) is 7.88. The molecule has 0 aliphatic carbocycles. The number of anilines is 1. The van der Waals surface area contributed by atoms with E-state index in [2.05, 4.69) is 16.3 Å². The van der Waals surface area contributed by atoms with Gasteiger partial charge in [-0.1, -0.05) is 35.7 Å². The van der Waals surface area contributed by atoms with Crippen molar-refractivity contribution in [2.45, 2.75) is 6.42 Å². The molecular weight excluding hydrogens is 390 g/mol. The van der Waals surface area contributed by atoms with Crippen LogP contribution in [0.5, 0.6) is 11.5 Å². The summed E-state index contributed by atoms with van der Waals surface area (Å²) in [6.45, 7) is 0.147. The van der Waals surface area contributed by atoms with Crippen LogP contribution < -0.4 is 14.8 Å². The highest BCUT2D eigenvalue weighted by molar-refractivity contribution is 6.30. The van der Waals surface area contributed by atoms with Gasteiger partial charge >= 0.3 is 0 Å². The van der Waals surface area contributed by atoms with Gasteiger partial charge in [-0.25, -0.2) is 0 Å². The number of hydrogen-bond donors (Lipinski definition) is 1. The molecule has 0 bridgehead atoms. The maximum absolute atomic E-state index is 12.5. The Morgan fingerprint density at radius 1 is 1.24 bits per heavy atom. The summed E-state index contributed by atoms with van der Waals surface area (Å²) in [6, 6.07) is 12.6. The molecular formula is C22H20ClN3O3. The van der Waals surface area contributed by atoms with Gasteiger partial charge in [-0.15, -0.1) is 6.42 Å². The molecule has 1 amide bonds. The van der Waals surface area contributed by atoms with Gasteiger partial charge in [0.1, 0.15) is 6.61 Å². The average molecular weight is 410 g/mol. The molecule has 0 unspecified atom stereocenters. The smallest absolute Gasteiger partial charge is 0.230 e. The van der Waals surface area contributed by atoms with Crippen LogP contribution in [0.3, 0.4) is 0 Å². The number of aromatic nitrogens is 2. The zero-order chi connectivity index (χ0) is 20.8. The van der Waals surface area contributed by atoms with Gasteiger partial charge in [-0.3, -0.25) is 9.48 Å². The van der Waals surface area contributed by atoms with E-state index in [9.17, 15) is 4.79 Å². The van der Waals surface area contributed by atoms with E-state index >= 15 is 0 Å². The molecule has 6 nitrogen and oxygen atoms in total. The fraction of sp³-hybridized carbons (Fsp3) is 0.182. The number of carbonyl (C=O) groups excluding carboxylic acids is 1. The van der Waals surface area contributed by atoms with Gasteiger partial charge in [0.15, 0.2) is 17.3 Å². The second-order valence-corrected chi connectivity index (χ2v) is 6.71. The number of rotatable bonds is 7. The number of benzene rings is 2. The van der Waals surface area contributed by atoms with Gasteiger partial charge in [0.05, 0.1) is 13.5 Å². The third-order valence-electron chi connectivity index (χ3n) is 4.15. The third kappa shape index (κ3) is 5.09. The summed E-state index contributed by atoms with van der Waals surface area (Å²) in [7, 11) is 3.35. The lowest BCUT2D eigenvalue weighted by Gasteiger charge is -2.11. The highest BCUT2D eigenvalue weighted by Gasteiger charge is 2.15. The van der Waals surface area contributed by atoms with Gasteiger partial charge in [-0.05, 0) is 35.4 Å². The van der Waals surface area contributed by atoms with E-state index in [0.717, 1.165) is 16.7 Å². The molecule has 0 atom stereocenters. The number of nitrogens with zero attached hydrogens (tertiary/aromatic N) is 2. The maximum Gasteiger partial charge on any atom is 0.230 e. The Labute approximate surface area is 174 Å². The topological polar surface area (TPSA) is 65.4 Å². The van der Waals surface area contributed by atoms with E-state index in [4.69, 9.17) is 27.5 Å². The number of nitrogens with one attached hydrogen (secondary N) is 1. The number of terminal acetylenes is 1. The van der Waals surface area contributed by atoms with Crippen molar-refractivity contribution in [1.82, 2.24) is 9.78 Å². The summed E-state index contributed by atoms with van der Waals surface area (Å²) in [5.41, 5.74) is 2.45. The molecule has 0 radical (unpaired) electrons. The van der Waals surface area contributed by atoms with Crippen LogP contribution in [0.25, 0.3) is 11.1 Å². The minimum Gasteiger partial charge on any atom is -0.493 e. The number of halogens is 1. The summed E-state index contributed by atoms with van der Waals surface area (Å²) in [4.78, 5) is 12.5. The molecule has 3 rings (SSSR count). The van der Waals surface area contributed by atoms with Crippen LogP contribution in [0, 0.1) is 12.3 Å². The Morgan fingerprint density at radius 2 is 2.00 bits per heavy atom. The van der Waals surface area contributed by atoms with Crippen molar-refractivity contribution >= 4 is 23.3 Å². The van der Waals surface area contributed by atoms with Gasteiger partial charge in [-0.2, -0.15) is 5.10 Å². The lowest BCUT2D eigenvalue weighted by Crippen LogP contribution is -2.15. The molecule has 0 saturated heterocycles. The first-order valence-corrected chi connectivity index (χ1v) is 9.20. The second-order valence-electron chi connectivity index (χ2n) is 6.27. The van der Waals surface area contributed by atoms with E-state index in [0.29, 0.717) is 22.3 Å². The molecule has 0 fully saturated rings. The van der Waals surface area contributed by atoms with E-state index in [1.807, 2.05) is 30.5 Å². The van der Waals surface area contributed by atoms with E-state index in [-0.39, 0.29) is 18.9 Å². The Morgan fingerprint density at radius 3 is 2.69 bits per heavy atom. The fourth-order valence-corrected chi connectivity index (χ4v) is 2.96. The summed E-state index contributed by atoms with van der Waals surface area (Å²) >= 11 is 5.89. The van der Waals surface area contributed by atoms with Gasteiger partial charge in [0.2, 0.25) is 5.91 Å². The SMILES string of the molecule is C#CCOc1ccc(-c2cn(C)nc2NC(=O)Cc2ccc(Cl)cc2)cc1OC. The van der Waals surface area contributed by atoms with E-state index in [1.54, 1.807) is 37.0 Å². The molecule has 0 aliphatic rings. The predicted molar refractivity (Wildman–Crippen MR) is 113 cm³/mol. The number of carbonyl (C=O) groups is 1. The largest absolute Gasteiger partial charge is 0.493 e. The van der Waals surface area contributed by atoms with Crippen molar-refractivity contribution in [3.05, 3.63) is 59.2 Å². The number of aryl methyl sites for hydroxylation is 1. The van der Waals surface area contributed by atoms with Crippen LogP contribution >= 0.6 is 11.6 Å². The van der Waals surface area contributed by atoms with Gasteiger partial charge in [0, 0.05) is 23.8 Å². The maximum atomic E-state index is 12.5. The van der Waals surface area contributed by atoms with Crippen molar-refractivity contribution in [3.8, 4) is 35.0 Å². The number of methoxy groups -OCH3 is 1. The number of ether oxygens (including phenoxy) is 2. The van der Waals surface area contributed by atoms with Gasteiger partial charge < -0.3 is 14.8 Å². The highest BCUT2D eigenvalue weighted by Crippen LogP contribution is 2.35. The molecule has 0 spiro atoms. The minimum atomic E-state index is -0.173. The molecule has 1 aromatic heterocycles. The van der Waals surface area contributed by atoms with Crippen LogP contribution in [0.4, 0.5) is 5.82 Å². The molecule has 0 saturated carbocycles. The van der Waals surface area contributed by atoms with Crippen molar-refractivity contribution in [2.24, 2.45) is 7.05 Å². The Kier molecular flexibility index (Phi) is 6.43. The van der Waals surface area contributed by atoms with Crippen LogP contribution in [-0.2, 0) is 18.3 Å². The molecule has 1 N–H and O–H groups in total. The van der Waals surface area contributed by atoms with Crippen molar-refractivity contribution in [1.29, 1.82) is 0 Å². The zero-order valence-corrected chi connectivity index (χ0v) is 16.9. The molecule has 3 aromatic rings. The van der Waals surface area contributed by atoms with E-state index in [1.165, 1.54) is 0 Å². The third-order valence-corrected chi connectivity index (χ3v) is 4.40.